The number of hydrogen-bond acceptors (Lipinski definition) is 3. The Bertz CT molecular complexity index is 468. The summed E-state index contributed by atoms with van der Waals surface area (Å²) < 4.78 is 0. The summed E-state index contributed by atoms with van der Waals surface area (Å²) in [6.45, 7) is 3.42. The number of benzene rings is 1. The summed E-state index contributed by atoms with van der Waals surface area (Å²) in [7, 11) is 0. The first-order valence-corrected chi connectivity index (χ1v) is 4.44. The average molecular weight is 191 g/mol. The van der Waals surface area contributed by atoms with Crippen LogP contribution in [0.5, 0.6) is 0 Å². The third kappa shape index (κ3) is 1.33. The summed E-state index contributed by atoms with van der Waals surface area (Å²) in [5.74, 6) is 0. The van der Waals surface area contributed by atoms with E-state index in [1.165, 1.54) is 0 Å². The molecule has 0 radical (unpaired) electrons. The number of aromatic nitrogens is 2. The smallest absolute Gasteiger partial charge is 0.0861 e. The summed E-state index contributed by atoms with van der Waals surface area (Å²) in [5.41, 5.74) is 7.09. The fourth-order valence-electron chi connectivity index (χ4n) is 1.54. The molecule has 0 atom stereocenters. The summed E-state index contributed by atoms with van der Waals surface area (Å²) >= 11 is 0. The van der Waals surface area contributed by atoms with Crippen LogP contribution in [0, 0.1) is 0 Å². The first-order chi connectivity index (χ1) is 6.48. The number of nitrogen functional groups attached to an aromatic ring is 1. The third-order valence-electron chi connectivity index (χ3n) is 2.27. The number of nitrogens with two attached hydrogens (primary N) is 1. The van der Waals surface area contributed by atoms with Crippen molar-refractivity contribution in [2.75, 3.05) is 5.73 Å². The van der Waals surface area contributed by atoms with E-state index in [2.05, 4.69) is 10.2 Å². The van der Waals surface area contributed by atoms with Crippen LogP contribution in [-0.4, -0.2) is 15.3 Å². The van der Waals surface area contributed by atoms with Crippen molar-refractivity contribution in [3.8, 4) is 0 Å². The maximum absolute atomic E-state index is 9.85. The van der Waals surface area contributed by atoms with Crippen LogP contribution in [0.25, 0.3) is 10.9 Å². The van der Waals surface area contributed by atoms with Gasteiger partial charge in [0.15, 0.2) is 0 Å². The Hall–Kier alpha value is -1.55. The summed E-state index contributed by atoms with van der Waals surface area (Å²) in [6, 6.07) is 3.64. The van der Waals surface area contributed by atoms with Crippen LogP contribution in [0.1, 0.15) is 19.4 Å². The number of aliphatic hydroxyl groups is 1. The highest BCUT2D eigenvalue weighted by molar-refractivity contribution is 5.83. The third-order valence-corrected chi connectivity index (χ3v) is 2.27. The SMILES string of the molecule is CC(C)(O)c1cc2[nH]ncc2cc1N. The van der Waals surface area contributed by atoms with Crippen LogP contribution in [0.4, 0.5) is 5.69 Å². The van der Waals surface area contributed by atoms with Gasteiger partial charge in [-0.15, -0.1) is 0 Å². The molecule has 2 rings (SSSR count). The van der Waals surface area contributed by atoms with E-state index < -0.39 is 5.60 Å². The zero-order chi connectivity index (χ0) is 10.3. The second-order valence-corrected chi connectivity index (χ2v) is 3.96. The molecule has 0 aliphatic carbocycles. The molecule has 1 aromatic carbocycles. The highest BCUT2D eigenvalue weighted by atomic mass is 16.3. The van der Waals surface area contributed by atoms with E-state index in [1.807, 2.05) is 12.1 Å². The van der Waals surface area contributed by atoms with Crippen molar-refractivity contribution in [2.24, 2.45) is 0 Å². The highest BCUT2D eigenvalue weighted by Gasteiger charge is 2.19. The van der Waals surface area contributed by atoms with Crippen molar-refractivity contribution >= 4 is 16.6 Å². The van der Waals surface area contributed by atoms with Gasteiger partial charge in [-0.2, -0.15) is 5.10 Å². The monoisotopic (exact) mass is 191 g/mol. The van der Waals surface area contributed by atoms with E-state index >= 15 is 0 Å². The Morgan fingerprint density at radius 3 is 2.79 bits per heavy atom. The van der Waals surface area contributed by atoms with Crippen molar-refractivity contribution in [2.45, 2.75) is 19.4 Å². The van der Waals surface area contributed by atoms with Crippen LogP contribution < -0.4 is 5.73 Å². The molecule has 14 heavy (non-hydrogen) atoms. The van der Waals surface area contributed by atoms with Gasteiger partial charge >= 0.3 is 0 Å². The lowest BCUT2D eigenvalue weighted by Crippen LogP contribution is -2.17. The number of nitrogens with one attached hydrogen (secondary N) is 1. The predicted octanol–water partition coefficient (Wildman–Crippen LogP) is 1.37. The molecule has 0 amide bonds. The lowest BCUT2D eigenvalue weighted by Gasteiger charge is -2.19. The van der Waals surface area contributed by atoms with Crippen LogP contribution in [0.15, 0.2) is 18.3 Å². The van der Waals surface area contributed by atoms with Gasteiger partial charge in [-0.1, -0.05) is 0 Å². The molecule has 0 unspecified atom stereocenters. The molecule has 0 fully saturated rings. The summed E-state index contributed by atoms with van der Waals surface area (Å²) in [4.78, 5) is 0. The Balaban J connectivity index is 2.71. The van der Waals surface area contributed by atoms with Gasteiger partial charge in [-0.3, -0.25) is 5.10 Å². The molecule has 4 N–H and O–H groups in total. The van der Waals surface area contributed by atoms with E-state index in [0.29, 0.717) is 11.3 Å². The average Bonchev–Trinajstić information content (AvgIpc) is 2.47. The van der Waals surface area contributed by atoms with Gasteiger partial charge in [0, 0.05) is 16.6 Å². The fourth-order valence-corrected chi connectivity index (χ4v) is 1.54. The van der Waals surface area contributed by atoms with E-state index in [1.54, 1.807) is 20.0 Å². The molecule has 2 aromatic rings. The first kappa shape index (κ1) is 9.02. The Morgan fingerprint density at radius 1 is 1.43 bits per heavy atom. The lowest BCUT2D eigenvalue weighted by molar-refractivity contribution is 0.0795. The topological polar surface area (TPSA) is 74.9 Å². The Labute approximate surface area is 81.7 Å². The molecule has 0 aliphatic heterocycles. The molecule has 0 bridgehead atoms. The first-order valence-electron chi connectivity index (χ1n) is 4.44. The number of hydrogen-bond donors (Lipinski definition) is 3. The van der Waals surface area contributed by atoms with Crippen molar-refractivity contribution < 1.29 is 5.11 Å². The Morgan fingerprint density at radius 2 is 2.14 bits per heavy atom. The van der Waals surface area contributed by atoms with Gasteiger partial charge in [-0.05, 0) is 26.0 Å². The second kappa shape index (κ2) is 2.72. The second-order valence-electron chi connectivity index (χ2n) is 3.96. The highest BCUT2D eigenvalue weighted by Crippen LogP contribution is 2.29. The summed E-state index contributed by atoms with van der Waals surface area (Å²) in [6.07, 6.45) is 1.71. The van der Waals surface area contributed by atoms with Gasteiger partial charge in [0.25, 0.3) is 0 Å². The standard InChI is InChI=1S/C10H13N3O/c1-10(2,14)7-4-9-6(3-8(7)11)5-12-13-9/h3-5,14H,11H2,1-2H3,(H,12,13). The maximum Gasteiger partial charge on any atom is 0.0861 e. The normalized spacial score (nSPS) is 12.2. The molecule has 0 saturated heterocycles. The van der Waals surface area contributed by atoms with E-state index in [4.69, 9.17) is 5.73 Å². The number of fused-ring (bicyclic) bond motifs is 1. The van der Waals surface area contributed by atoms with Gasteiger partial charge in [0.05, 0.1) is 17.3 Å². The van der Waals surface area contributed by atoms with Gasteiger partial charge in [-0.25, -0.2) is 0 Å². The lowest BCUT2D eigenvalue weighted by atomic mass is 9.95. The fraction of sp³-hybridized carbons (Fsp3) is 0.300. The van der Waals surface area contributed by atoms with Crippen molar-refractivity contribution in [3.63, 3.8) is 0 Å². The van der Waals surface area contributed by atoms with E-state index in [9.17, 15) is 5.11 Å². The van der Waals surface area contributed by atoms with E-state index in [0.717, 1.165) is 10.9 Å². The van der Waals surface area contributed by atoms with Crippen molar-refractivity contribution in [1.82, 2.24) is 10.2 Å². The van der Waals surface area contributed by atoms with Crippen LogP contribution in [0.3, 0.4) is 0 Å². The molecule has 0 aliphatic rings. The predicted molar refractivity (Wildman–Crippen MR) is 55.8 cm³/mol. The van der Waals surface area contributed by atoms with Gasteiger partial charge in [0.1, 0.15) is 0 Å². The van der Waals surface area contributed by atoms with E-state index in [-0.39, 0.29) is 0 Å². The molecular weight excluding hydrogens is 178 g/mol. The van der Waals surface area contributed by atoms with Crippen molar-refractivity contribution in [1.29, 1.82) is 0 Å². The zero-order valence-corrected chi connectivity index (χ0v) is 8.20. The summed E-state index contributed by atoms with van der Waals surface area (Å²) in [5, 5.41) is 17.6. The van der Waals surface area contributed by atoms with Gasteiger partial charge < -0.3 is 10.8 Å². The molecule has 74 valence electrons. The van der Waals surface area contributed by atoms with Crippen LogP contribution in [0.2, 0.25) is 0 Å². The quantitative estimate of drug-likeness (QED) is 0.596. The number of anilines is 1. The molecular formula is C10H13N3O. The zero-order valence-electron chi connectivity index (χ0n) is 8.20. The number of rotatable bonds is 1. The van der Waals surface area contributed by atoms with Gasteiger partial charge in [0.2, 0.25) is 0 Å². The van der Waals surface area contributed by atoms with Crippen LogP contribution >= 0.6 is 0 Å². The number of nitrogens with zero attached hydrogens (tertiary/aromatic N) is 1. The molecule has 1 heterocycles. The van der Waals surface area contributed by atoms with Crippen LogP contribution in [-0.2, 0) is 5.60 Å². The molecule has 0 spiro atoms. The minimum absolute atomic E-state index is 0.589. The molecule has 4 heteroatoms. The maximum atomic E-state index is 9.85. The largest absolute Gasteiger partial charge is 0.398 e. The Kier molecular flexibility index (Phi) is 1.75. The molecule has 0 saturated carbocycles. The minimum atomic E-state index is -0.927. The minimum Gasteiger partial charge on any atom is -0.398 e. The molecule has 4 nitrogen and oxygen atoms in total. The molecule has 1 aromatic heterocycles. The number of aromatic amines is 1. The van der Waals surface area contributed by atoms with Crippen molar-refractivity contribution in [3.05, 3.63) is 23.9 Å². The number of H-pyrrole nitrogens is 1.